The monoisotopic (exact) mass is 398 g/mol. The Balaban J connectivity index is 2.05. The molecule has 0 saturated heterocycles. The zero-order valence-corrected chi connectivity index (χ0v) is 16.0. The third-order valence-corrected chi connectivity index (χ3v) is 4.86. The van der Waals surface area contributed by atoms with Gasteiger partial charge in [-0.15, -0.1) is 0 Å². The lowest BCUT2D eigenvalue weighted by Crippen LogP contribution is -2.32. The van der Waals surface area contributed by atoms with Gasteiger partial charge in [-0.1, -0.05) is 46.9 Å². The summed E-state index contributed by atoms with van der Waals surface area (Å²) in [6.45, 7) is 3.55. The van der Waals surface area contributed by atoms with Crippen LogP contribution in [0.15, 0.2) is 36.4 Å². The minimum Gasteiger partial charge on any atom is -0.325 e. The summed E-state index contributed by atoms with van der Waals surface area (Å²) in [4.78, 5) is 25.6. The van der Waals surface area contributed by atoms with Crippen LogP contribution in [-0.2, 0) is 9.59 Å². The Labute approximate surface area is 161 Å². The number of amides is 2. The zero-order valence-electron chi connectivity index (χ0n) is 13.8. The number of nitrogens with one attached hydrogen (secondary N) is 1. The van der Waals surface area contributed by atoms with E-state index >= 15 is 0 Å². The third-order valence-electron chi connectivity index (χ3n) is 3.64. The maximum absolute atomic E-state index is 12.2. The first kappa shape index (κ1) is 19.6. The fourth-order valence-electron chi connectivity index (χ4n) is 2.24. The lowest BCUT2D eigenvalue weighted by Gasteiger charge is -2.21. The molecular formula is C18H17Cl3N2O2. The van der Waals surface area contributed by atoms with Crippen molar-refractivity contribution >= 4 is 58.0 Å². The molecule has 0 unspecified atom stereocenters. The second-order valence-electron chi connectivity index (χ2n) is 5.50. The van der Waals surface area contributed by atoms with Crippen LogP contribution >= 0.6 is 34.8 Å². The maximum Gasteiger partial charge on any atom is 0.226 e. The number of hydrogen-bond acceptors (Lipinski definition) is 2. The Morgan fingerprint density at radius 2 is 1.80 bits per heavy atom. The van der Waals surface area contributed by atoms with Crippen LogP contribution in [0.25, 0.3) is 0 Å². The van der Waals surface area contributed by atoms with Gasteiger partial charge in [-0.2, -0.15) is 0 Å². The fourth-order valence-corrected chi connectivity index (χ4v) is 2.77. The number of rotatable bonds is 5. The van der Waals surface area contributed by atoms with E-state index in [1.165, 1.54) is 11.8 Å². The second kappa shape index (κ2) is 8.56. The van der Waals surface area contributed by atoms with Gasteiger partial charge in [0.25, 0.3) is 0 Å². The highest BCUT2D eigenvalue weighted by molar-refractivity contribution is 6.44. The number of carbonyl (C=O) groups excluding carboxylic acids is 2. The van der Waals surface area contributed by atoms with Gasteiger partial charge in [0.15, 0.2) is 0 Å². The number of halogens is 3. The summed E-state index contributed by atoms with van der Waals surface area (Å²) < 4.78 is 0. The topological polar surface area (TPSA) is 49.4 Å². The van der Waals surface area contributed by atoms with E-state index in [1.807, 2.05) is 13.0 Å². The normalized spacial score (nSPS) is 10.4. The first-order chi connectivity index (χ1) is 11.8. The standard InChI is InChI=1S/C18H17Cl3N2O2/c1-11-6-7-13(10-15(11)20)23(12(2)24)9-8-17(25)22-16-5-3-4-14(19)18(16)21/h3-7,10H,8-9H2,1-2H3,(H,22,25). The lowest BCUT2D eigenvalue weighted by molar-refractivity contribution is -0.117. The molecule has 0 atom stereocenters. The smallest absolute Gasteiger partial charge is 0.226 e. The molecule has 2 aromatic rings. The van der Waals surface area contributed by atoms with E-state index in [0.29, 0.717) is 21.4 Å². The molecule has 1 N–H and O–H groups in total. The molecule has 0 aliphatic heterocycles. The molecule has 0 aliphatic rings. The maximum atomic E-state index is 12.2. The quantitative estimate of drug-likeness (QED) is 0.738. The van der Waals surface area contributed by atoms with E-state index in [2.05, 4.69) is 5.32 Å². The number of aryl methyl sites for hydroxylation is 1. The summed E-state index contributed by atoms with van der Waals surface area (Å²) in [5, 5.41) is 3.91. The Morgan fingerprint density at radius 1 is 1.08 bits per heavy atom. The predicted molar refractivity (Wildman–Crippen MR) is 104 cm³/mol. The summed E-state index contributed by atoms with van der Waals surface area (Å²) in [5.74, 6) is -0.442. The van der Waals surface area contributed by atoms with Crippen LogP contribution in [-0.4, -0.2) is 18.4 Å². The van der Waals surface area contributed by atoms with Gasteiger partial charge in [-0.25, -0.2) is 0 Å². The average molecular weight is 400 g/mol. The summed E-state index contributed by atoms with van der Waals surface area (Å²) in [7, 11) is 0. The van der Waals surface area contributed by atoms with Crippen LogP contribution in [0.3, 0.4) is 0 Å². The summed E-state index contributed by atoms with van der Waals surface area (Å²) in [6.07, 6.45) is 0.105. The molecule has 25 heavy (non-hydrogen) atoms. The molecule has 2 amide bonds. The molecule has 0 spiro atoms. The van der Waals surface area contributed by atoms with Crippen LogP contribution in [0.4, 0.5) is 11.4 Å². The first-order valence-electron chi connectivity index (χ1n) is 7.57. The van der Waals surface area contributed by atoms with Crippen LogP contribution in [0.2, 0.25) is 15.1 Å². The summed E-state index contributed by atoms with van der Waals surface area (Å²) in [6, 6.07) is 10.3. The van der Waals surface area contributed by atoms with E-state index in [1.54, 1.807) is 30.3 Å². The van der Waals surface area contributed by atoms with Gasteiger partial charge in [0.1, 0.15) is 0 Å². The first-order valence-corrected chi connectivity index (χ1v) is 8.71. The minimum absolute atomic E-state index is 0.105. The van der Waals surface area contributed by atoms with Gasteiger partial charge in [0.05, 0.1) is 15.7 Å². The fraction of sp³-hybridized carbons (Fsp3) is 0.222. The van der Waals surface area contributed by atoms with Crippen LogP contribution < -0.4 is 10.2 Å². The third kappa shape index (κ3) is 5.11. The van der Waals surface area contributed by atoms with Crippen molar-refractivity contribution in [3.63, 3.8) is 0 Å². The molecule has 132 valence electrons. The van der Waals surface area contributed by atoms with Gasteiger partial charge in [0, 0.05) is 30.6 Å². The lowest BCUT2D eigenvalue weighted by atomic mass is 10.2. The van der Waals surface area contributed by atoms with E-state index in [0.717, 1.165) is 5.56 Å². The second-order valence-corrected chi connectivity index (χ2v) is 6.70. The Bertz CT molecular complexity index is 809. The van der Waals surface area contributed by atoms with Crippen molar-refractivity contribution in [3.05, 3.63) is 57.0 Å². The van der Waals surface area contributed by atoms with E-state index in [9.17, 15) is 9.59 Å². The van der Waals surface area contributed by atoms with E-state index in [-0.39, 0.29) is 29.8 Å². The number of benzene rings is 2. The molecular weight excluding hydrogens is 383 g/mol. The number of hydrogen-bond donors (Lipinski definition) is 1. The predicted octanol–water partition coefficient (Wildman–Crippen LogP) is 5.34. The molecule has 2 rings (SSSR count). The van der Waals surface area contributed by atoms with Crippen molar-refractivity contribution in [1.29, 1.82) is 0 Å². The Kier molecular flexibility index (Phi) is 6.71. The van der Waals surface area contributed by atoms with Crippen LogP contribution in [0.1, 0.15) is 18.9 Å². The number of carbonyl (C=O) groups is 2. The van der Waals surface area contributed by atoms with Crippen molar-refractivity contribution in [1.82, 2.24) is 0 Å². The highest BCUT2D eigenvalue weighted by Crippen LogP contribution is 2.29. The number of nitrogens with zero attached hydrogens (tertiary/aromatic N) is 1. The molecule has 0 saturated carbocycles. The number of anilines is 2. The van der Waals surface area contributed by atoms with Gasteiger partial charge in [-0.05, 0) is 36.8 Å². The van der Waals surface area contributed by atoms with Crippen molar-refractivity contribution in [2.24, 2.45) is 0 Å². The minimum atomic E-state index is -0.270. The van der Waals surface area contributed by atoms with Crippen molar-refractivity contribution in [2.45, 2.75) is 20.3 Å². The highest BCUT2D eigenvalue weighted by atomic mass is 35.5. The Hall–Kier alpha value is -1.75. The van der Waals surface area contributed by atoms with Gasteiger partial charge >= 0.3 is 0 Å². The molecule has 2 aromatic carbocycles. The van der Waals surface area contributed by atoms with Crippen LogP contribution in [0, 0.1) is 6.92 Å². The molecule has 0 bridgehead atoms. The largest absolute Gasteiger partial charge is 0.325 e. The van der Waals surface area contributed by atoms with Crippen molar-refractivity contribution < 1.29 is 9.59 Å². The molecule has 0 heterocycles. The van der Waals surface area contributed by atoms with E-state index in [4.69, 9.17) is 34.8 Å². The molecule has 0 fully saturated rings. The van der Waals surface area contributed by atoms with Gasteiger partial charge in [0.2, 0.25) is 11.8 Å². The Morgan fingerprint density at radius 3 is 2.44 bits per heavy atom. The SMILES string of the molecule is CC(=O)N(CCC(=O)Nc1cccc(Cl)c1Cl)c1ccc(C)c(Cl)c1. The van der Waals surface area contributed by atoms with Crippen LogP contribution in [0.5, 0.6) is 0 Å². The molecule has 0 aromatic heterocycles. The molecule has 4 nitrogen and oxygen atoms in total. The molecule has 7 heteroatoms. The average Bonchev–Trinajstić information content (AvgIpc) is 2.55. The zero-order chi connectivity index (χ0) is 18.6. The van der Waals surface area contributed by atoms with Crippen molar-refractivity contribution in [2.75, 3.05) is 16.8 Å². The van der Waals surface area contributed by atoms with Crippen molar-refractivity contribution in [3.8, 4) is 0 Å². The van der Waals surface area contributed by atoms with Gasteiger partial charge < -0.3 is 10.2 Å². The highest BCUT2D eigenvalue weighted by Gasteiger charge is 2.15. The summed E-state index contributed by atoms with van der Waals surface area (Å²) in [5.41, 5.74) is 2.01. The summed E-state index contributed by atoms with van der Waals surface area (Å²) >= 11 is 18.1. The van der Waals surface area contributed by atoms with E-state index < -0.39 is 0 Å². The molecule has 0 radical (unpaired) electrons. The van der Waals surface area contributed by atoms with Gasteiger partial charge in [-0.3, -0.25) is 9.59 Å². The molecule has 0 aliphatic carbocycles.